The van der Waals surface area contributed by atoms with Crippen molar-refractivity contribution in [2.75, 3.05) is 0 Å². The van der Waals surface area contributed by atoms with Gasteiger partial charge in [-0.1, -0.05) is 6.92 Å². The number of nitrogens with one attached hydrogen (secondary N) is 1. The molecule has 0 unspecified atom stereocenters. The van der Waals surface area contributed by atoms with Crippen LogP contribution in [0.25, 0.3) is 21.9 Å². The molecule has 4 aromatic rings. The Morgan fingerprint density at radius 3 is 2.56 bits per heavy atom. The van der Waals surface area contributed by atoms with Gasteiger partial charge in [0.15, 0.2) is 0 Å². The van der Waals surface area contributed by atoms with Crippen LogP contribution in [0.3, 0.4) is 0 Å². The molecule has 0 bridgehead atoms. The molecule has 0 spiro atoms. The standard InChI is InChI=1S/C24H25FN4O2S/c1-14(24-28-22-9-7-18(32(26,30)31)13-23(22)29-24)15-2-4-16(5-3-15)19-10-11-27-21-8-6-17(25)12-20(19)21/h6-16H,2-5H2,1H3,(H,28,29)(H2,26,30,31)/t14-,15-,16+/m1/s1. The number of sulfonamides is 1. The van der Waals surface area contributed by atoms with Gasteiger partial charge < -0.3 is 4.98 Å². The predicted molar refractivity (Wildman–Crippen MR) is 122 cm³/mol. The van der Waals surface area contributed by atoms with Gasteiger partial charge in [0.25, 0.3) is 0 Å². The molecule has 1 aliphatic rings. The summed E-state index contributed by atoms with van der Waals surface area (Å²) in [6.07, 6.45) is 5.96. The number of nitrogens with zero attached hydrogens (tertiary/aromatic N) is 2. The third kappa shape index (κ3) is 3.89. The number of H-pyrrole nitrogens is 1. The van der Waals surface area contributed by atoms with Crippen LogP contribution in [0, 0.1) is 11.7 Å². The Morgan fingerprint density at radius 2 is 1.81 bits per heavy atom. The van der Waals surface area contributed by atoms with Crippen LogP contribution >= 0.6 is 0 Å². The van der Waals surface area contributed by atoms with Crippen molar-refractivity contribution in [2.24, 2.45) is 11.1 Å². The lowest BCUT2D eigenvalue weighted by Crippen LogP contribution is -2.19. The number of fused-ring (bicyclic) bond motifs is 2. The molecule has 5 rings (SSSR count). The van der Waals surface area contributed by atoms with Crippen LogP contribution in [-0.4, -0.2) is 23.4 Å². The van der Waals surface area contributed by atoms with E-state index in [4.69, 9.17) is 10.1 Å². The summed E-state index contributed by atoms with van der Waals surface area (Å²) >= 11 is 0. The number of nitrogens with two attached hydrogens (primary N) is 1. The summed E-state index contributed by atoms with van der Waals surface area (Å²) in [6.45, 7) is 2.17. The van der Waals surface area contributed by atoms with Crippen molar-refractivity contribution in [3.05, 3.63) is 65.9 Å². The van der Waals surface area contributed by atoms with E-state index < -0.39 is 10.0 Å². The van der Waals surface area contributed by atoms with Crippen LogP contribution < -0.4 is 5.14 Å². The molecule has 8 heteroatoms. The second-order valence-electron chi connectivity index (χ2n) is 8.81. The molecular weight excluding hydrogens is 427 g/mol. The fourth-order valence-corrected chi connectivity index (χ4v) is 5.59. The number of primary sulfonamides is 1. The lowest BCUT2D eigenvalue weighted by atomic mass is 9.73. The zero-order chi connectivity index (χ0) is 22.5. The molecule has 1 fully saturated rings. The van der Waals surface area contributed by atoms with E-state index in [9.17, 15) is 12.8 Å². The van der Waals surface area contributed by atoms with Gasteiger partial charge in [-0.05, 0) is 85.5 Å². The van der Waals surface area contributed by atoms with Crippen molar-refractivity contribution in [3.63, 3.8) is 0 Å². The van der Waals surface area contributed by atoms with Crippen molar-refractivity contribution in [3.8, 4) is 0 Å². The van der Waals surface area contributed by atoms with Crippen LogP contribution in [0.1, 0.15) is 55.8 Å². The van der Waals surface area contributed by atoms with Crippen LogP contribution in [0.2, 0.25) is 0 Å². The van der Waals surface area contributed by atoms with Crippen LogP contribution in [0.15, 0.2) is 53.6 Å². The van der Waals surface area contributed by atoms with Gasteiger partial charge >= 0.3 is 0 Å². The van der Waals surface area contributed by atoms with Gasteiger partial charge in [0.1, 0.15) is 11.6 Å². The minimum absolute atomic E-state index is 0.0781. The number of benzene rings is 2. The Balaban J connectivity index is 1.34. The Morgan fingerprint density at radius 1 is 1.06 bits per heavy atom. The van der Waals surface area contributed by atoms with Crippen LogP contribution in [0.5, 0.6) is 0 Å². The van der Waals surface area contributed by atoms with Crippen LogP contribution in [0.4, 0.5) is 4.39 Å². The summed E-state index contributed by atoms with van der Waals surface area (Å²) in [4.78, 5) is 12.5. The zero-order valence-corrected chi connectivity index (χ0v) is 18.6. The fraction of sp³-hybridized carbons (Fsp3) is 0.333. The molecule has 1 saturated carbocycles. The second-order valence-corrected chi connectivity index (χ2v) is 10.4. The molecule has 6 nitrogen and oxygen atoms in total. The number of imidazole rings is 1. The van der Waals surface area contributed by atoms with E-state index in [0.29, 0.717) is 17.4 Å². The number of halogens is 1. The minimum Gasteiger partial charge on any atom is -0.342 e. The number of rotatable bonds is 4. The Kier molecular flexibility index (Phi) is 5.22. The monoisotopic (exact) mass is 452 g/mol. The number of aromatic amines is 1. The van der Waals surface area contributed by atoms with E-state index >= 15 is 0 Å². The second kappa shape index (κ2) is 7.94. The molecular formula is C24H25FN4O2S. The first kappa shape index (κ1) is 21.0. The molecule has 2 heterocycles. The van der Waals surface area contributed by atoms with E-state index in [-0.39, 0.29) is 16.6 Å². The molecule has 166 valence electrons. The molecule has 0 aliphatic heterocycles. The maximum absolute atomic E-state index is 13.8. The first-order chi connectivity index (χ1) is 15.3. The Hall–Kier alpha value is -2.84. The maximum atomic E-state index is 13.8. The third-order valence-electron chi connectivity index (χ3n) is 6.89. The van der Waals surface area contributed by atoms with E-state index in [1.807, 2.05) is 12.3 Å². The van der Waals surface area contributed by atoms with Gasteiger partial charge in [0.05, 0.1) is 21.4 Å². The van der Waals surface area contributed by atoms with E-state index in [1.54, 1.807) is 24.3 Å². The van der Waals surface area contributed by atoms with Crippen LogP contribution in [-0.2, 0) is 10.0 Å². The molecule has 2 aromatic carbocycles. The number of aromatic nitrogens is 3. The molecule has 1 atom stereocenters. The number of hydrogen-bond acceptors (Lipinski definition) is 4. The summed E-state index contributed by atoms with van der Waals surface area (Å²) in [6, 6.07) is 11.5. The van der Waals surface area contributed by atoms with E-state index in [2.05, 4.69) is 16.9 Å². The molecule has 0 saturated heterocycles. The summed E-state index contributed by atoms with van der Waals surface area (Å²) in [5, 5.41) is 6.16. The van der Waals surface area contributed by atoms with Gasteiger partial charge in [-0.2, -0.15) is 0 Å². The van der Waals surface area contributed by atoms with Gasteiger partial charge in [0, 0.05) is 17.5 Å². The maximum Gasteiger partial charge on any atom is 0.238 e. The quantitative estimate of drug-likeness (QED) is 0.456. The van der Waals surface area contributed by atoms with Crippen molar-refractivity contribution < 1.29 is 12.8 Å². The molecule has 2 aromatic heterocycles. The van der Waals surface area contributed by atoms with Crippen molar-refractivity contribution in [1.82, 2.24) is 15.0 Å². The molecule has 3 N–H and O–H groups in total. The molecule has 32 heavy (non-hydrogen) atoms. The minimum atomic E-state index is -3.75. The fourth-order valence-electron chi connectivity index (χ4n) is 5.05. The highest BCUT2D eigenvalue weighted by Gasteiger charge is 2.29. The summed E-state index contributed by atoms with van der Waals surface area (Å²) in [5.74, 6) is 1.71. The Bertz CT molecular complexity index is 1410. The molecule has 0 amide bonds. The van der Waals surface area contributed by atoms with E-state index in [0.717, 1.165) is 47.9 Å². The van der Waals surface area contributed by atoms with Crippen molar-refractivity contribution >= 4 is 32.0 Å². The smallest absolute Gasteiger partial charge is 0.238 e. The van der Waals surface area contributed by atoms with Gasteiger partial charge in [-0.25, -0.2) is 22.9 Å². The van der Waals surface area contributed by atoms with Crippen molar-refractivity contribution in [1.29, 1.82) is 0 Å². The largest absolute Gasteiger partial charge is 0.342 e. The summed E-state index contributed by atoms with van der Waals surface area (Å²) in [7, 11) is -3.75. The highest BCUT2D eigenvalue weighted by atomic mass is 32.2. The summed E-state index contributed by atoms with van der Waals surface area (Å²) in [5.41, 5.74) is 3.43. The van der Waals surface area contributed by atoms with Gasteiger partial charge in [-0.15, -0.1) is 0 Å². The topological polar surface area (TPSA) is 102 Å². The molecule has 0 radical (unpaired) electrons. The Labute approximate surface area is 186 Å². The summed E-state index contributed by atoms with van der Waals surface area (Å²) < 4.78 is 37.1. The number of pyridine rings is 1. The normalized spacial score (nSPS) is 20.6. The van der Waals surface area contributed by atoms with E-state index in [1.165, 1.54) is 17.7 Å². The first-order valence-electron chi connectivity index (χ1n) is 10.9. The molecule has 1 aliphatic carbocycles. The highest BCUT2D eigenvalue weighted by molar-refractivity contribution is 7.89. The third-order valence-corrected chi connectivity index (χ3v) is 7.80. The lowest BCUT2D eigenvalue weighted by Gasteiger charge is -2.32. The average Bonchev–Trinajstić information content (AvgIpc) is 3.21. The SMILES string of the molecule is C[C@@H](c1nc2ccc(S(N)(=O)=O)cc2[nH]1)[C@H]1CC[C@@H](c2ccnc3ccc(F)cc32)CC1. The number of hydrogen-bond donors (Lipinski definition) is 2. The van der Waals surface area contributed by atoms with Crippen molar-refractivity contribution in [2.45, 2.75) is 49.3 Å². The first-order valence-corrected chi connectivity index (χ1v) is 12.4. The van der Waals surface area contributed by atoms with Gasteiger partial charge in [0.2, 0.25) is 10.0 Å². The lowest BCUT2D eigenvalue weighted by molar-refractivity contribution is 0.286. The highest BCUT2D eigenvalue weighted by Crippen LogP contribution is 2.43. The predicted octanol–water partition coefficient (Wildman–Crippen LogP) is 4.98. The zero-order valence-electron chi connectivity index (χ0n) is 17.8. The van der Waals surface area contributed by atoms with Gasteiger partial charge in [-0.3, -0.25) is 4.98 Å². The average molecular weight is 453 g/mol.